The van der Waals surface area contributed by atoms with Gasteiger partial charge < -0.3 is 4.90 Å². The molecule has 0 radical (unpaired) electrons. The van der Waals surface area contributed by atoms with Crippen LogP contribution in [0.15, 0.2) is 0 Å². The third-order valence-electron chi connectivity index (χ3n) is 1.54. The summed E-state index contributed by atoms with van der Waals surface area (Å²) in [5, 5.41) is 0. The van der Waals surface area contributed by atoms with Crippen LogP contribution in [0.3, 0.4) is 0 Å². The Kier molecular flexibility index (Phi) is 30.5. The van der Waals surface area contributed by atoms with Gasteiger partial charge in [0.25, 0.3) is 0 Å². The highest BCUT2D eigenvalue weighted by molar-refractivity contribution is 7.46. The van der Waals surface area contributed by atoms with E-state index in [9.17, 15) is 30.0 Å². The van der Waals surface area contributed by atoms with E-state index in [4.69, 9.17) is 86.1 Å². The molecule has 0 spiro atoms. The van der Waals surface area contributed by atoms with Gasteiger partial charge in [-0.2, -0.15) is 0 Å². The van der Waals surface area contributed by atoms with Crippen LogP contribution in [0.1, 0.15) is 12.8 Å². The number of nitrogens with zero attached hydrogens (tertiary/aromatic N) is 1. The number of rotatable bonds is 0. The zero-order chi connectivity index (χ0) is 33.0. The van der Waals surface area contributed by atoms with E-state index >= 15 is 0 Å². The molecule has 38 heavy (non-hydrogen) atoms. The molecule has 0 unspecified atom stereocenters. The summed E-state index contributed by atoms with van der Waals surface area (Å²) in [6.07, 6.45) is 1.52. The molecule has 1 fully saturated rings. The first-order valence-corrected chi connectivity index (χ1v) is 16.5. The summed E-state index contributed by atoms with van der Waals surface area (Å²) in [4.78, 5) is 96.3. The molecule has 32 heteroatoms. The summed E-state index contributed by atoms with van der Waals surface area (Å²) in [5.41, 5.74) is 0. The first-order chi connectivity index (χ1) is 15.8. The topological polar surface area (TPSA) is 365 Å². The monoisotopic (exact) mass is 713 g/mol. The van der Waals surface area contributed by atoms with E-state index in [1.807, 2.05) is 7.05 Å². The minimum atomic E-state index is -5.14. The highest BCUT2D eigenvalue weighted by Crippen LogP contribution is 2.37. The number of halogens is 6. The Morgan fingerprint density at radius 1 is 0.474 bits per heavy atom. The van der Waals surface area contributed by atoms with Crippen molar-refractivity contribution in [1.29, 1.82) is 0 Å². The molecule has 1 heterocycles. The summed E-state index contributed by atoms with van der Waals surface area (Å²) in [6.45, 7) is 1.91. The molecule has 0 bridgehead atoms. The Morgan fingerprint density at radius 2 is 0.579 bits per heavy atom. The van der Waals surface area contributed by atoms with Gasteiger partial charge in [0, 0.05) is 25.9 Å². The highest BCUT2D eigenvalue weighted by atomic mass is 31.2. The molecule has 0 saturated carbocycles. The van der Waals surface area contributed by atoms with Crippen molar-refractivity contribution in [3.63, 3.8) is 0 Å². The lowest BCUT2D eigenvalue weighted by Crippen LogP contribution is -2.29. The van der Waals surface area contributed by atoms with Gasteiger partial charge in [-0.15, -0.1) is 25.2 Å². The van der Waals surface area contributed by atoms with Crippen LogP contribution in [0.5, 0.6) is 0 Å². The quantitative estimate of drug-likeness (QED) is 0.121. The third kappa shape index (κ3) is 435. The largest absolute Gasteiger partial charge is 0.507 e. The standard InChI is InChI=1S/C6H11NO.6FH2O3P/c1-7-4-2-6(8)3-5-7;6*1-5(2,3)4/h2-5H2,1H3;6*(H2,2,3,4). The lowest BCUT2D eigenvalue weighted by molar-refractivity contribution is -0.121. The van der Waals surface area contributed by atoms with Crippen LogP contribution in [-0.4, -0.2) is 89.5 Å². The van der Waals surface area contributed by atoms with E-state index in [0.29, 0.717) is 5.78 Å². The highest BCUT2D eigenvalue weighted by Gasteiger charge is 2.11. The molecular weight excluding hydrogens is 690 g/mol. The molecule has 1 rings (SSSR count). The van der Waals surface area contributed by atoms with Crippen molar-refractivity contribution in [3.8, 4) is 0 Å². The van der Waals surface area contributed by atoms with Crippen molar-refractivity contribution in [2.75, 3.05) is 20.1 Å². The Morgan fingerprint density at radius 3 is 0.658 bits per heavy atom. The third-order valence-corrected chi connectivity index (χ3v) is 1.54. The van der Waals surface area contributed by atoms with E-state index < -0.39 is 47.4 Å². The van der Waals surface area contributed by atoms with Gasteiger partial charge in [0.1, 0.15) is 5.78 Å². The molecule has 0 aliphatic carbocycles. The smallest absolute Gasteiger partial charge is 0.305 e. The van der Waals surface area contributed by atoms with Crippen molar-refractivity contribution in [2.24, 2.45) is 0 Å². The molecule has 1 saturated heterocycles. The average Bonchev–Trinajstić information content (AvgIpc) is 2.39. The van der Waals surface area contributed by atoms with Gasteiger partial charge in [-0.1, -0.05) is 0 Å². The van der Waals surface area contributed by atoms with Crippen LogP contribution in [0.2, 0.25) is 0 Å². The maximum Gasteiger partial charge on any atom is 0.507 e. The van der Waals surface area contributed by atoms with E-state index in [-0.39, 0.29) is 0 Å². The number of carbonyl (C=O) groups excluding carboxylic acids is 1. The van der Waals surface area contributed by atoms with Crippen molar-refractivity contribution in [1.82, 2.24) is 4.90 Å². The summed E-state index contributed by atoms with van der Waals surface area (Å²) in [5.74, 6) is 0.420. The molecule has 0 aromatic carbocycles. The van der Waals surface area contributed by atoms with Gasteiger partial charge in [-0.05, 0) is 7.05 Å². The Hall–Kier alpha value is 0.110. The van der Waals surface area contributed by atoms with Crippen molar-refractivity contribution < 1.29 is 116 Å². The molecule has 0 aromatic rings. The fourth-order valence-electron chi connectivity index (χ4n) is 0.868. The summed E-state index contributed by atoms with van der Waals surface area (Å²) in [7, 11) is -28.8. The van der Waals surface area contributed by atoms with Crippen LogP contribution < -0.4 is 0 Å². The number of ketones is 1. The second-order valence-electron chi connectivity index (χ2n) is 5.18. The van der Waals surface area contributed by atoms with E-state index in [1.165, 1.54) is 0 Å². The molecule has 0 amide bonds. The van der Waals surface area contributed by atoms with Gasteiger partial charge in [0.05, 0.1) is 0 Å². The van der Waals surface area contributed by atoms with Crippen LogP contribution >= 0.6 is 47.4 Å². The number of carbonyl (C=O) groups is 1. The van der Waals surface area contributed by atoms with Gasteiger partial charge >= 0.3 is 47.4 Å². The number of hydrogen-bond acceptors (Lipinski definition) is 8. The Labute approximate surface area is 208 Å². The average molecular weight is 713 g/mol. The summed E-state index contributed by atoms with van der Waals surface area (Å²) < 4.78 is 114. The zero-order valence-corrected chi connectivity index (χ0v) is 23.3. The minimum Gasteiger partial charge on any atom is -0.305 e. The molecule has 1 aliphatic rings. The SMILES string of the molecule is CN1CCC(=O)CC1.O=P(O)(O)F.O=P(O)(O)F.O=P(O)(O)F.O=P(O)(O)F.O=P(O)(O)F.O=P(O)(O)F. The van der Waals surface area contributed by atoms with E-state index in [1.54, 1.807) is 0 Å². The maximum absolute atomic E-state index is 10.6. The number of likely N-dealkylation sites (tertiary alicyclic amines) is 1. The molecule has 0 aromatic heterocycles. The molecule has 20 nitrogen and oxygen atoms in total. The number of piperidine rings is 1. The molecule has 0 atom stereocenters. The van der Waals surface area contributed by atoms with Crippen molar-refractivity contribution >= 4 is 53.2 Å². The maximum atomic E-state index is 10.6. The molecule has 238 valence electrons. The Bertz CT molecular complexity index is 685. The summed E-state index contributed by atoms with van der Waals surface area (Å²) >= 11 is 0. The van der Waals surface area contributed by atoms with Crippen LogP contribution in [-0.2, 0) is 32.2 Å². The minimum absolute atomic E-state index is 0.420. The fourth-order valence-corrected chi connectivity index (χ4v) is 0.868. The molecule has 12 N–H and O–H groups in total. The predicted molar refractivity (Wildman–Crippen MR) is 111 cm³/mol. The lowest BCUT2D eigenvalue weighted by atomic mass is 10.1. The summed E-state index contributed by atoms with van der Waals surface area (Å²) in [6, 6.07) is 0. The second-order valence-corrected chi connectivity index (χ2v) is 10.9. The van der Waals surface area contributed by atoms with Crippen LogP contribution in [0, 0.1) is 0 Å². The molecular formula is C6H23F6NO19P6. The Balaban J connectivity index is -0.0000000795. The van der Waals surface area contributed by atoms with E-state index in [0.717, 1.165) is 25.9 Å². The molecule has 1 aliphatic heterocycles. The fraction of sp³-hybridized carbons (Fsp3) is 0.833. The lowest BCUT2D eigenvalue weighted by Gasteiger charge is -2.19. The van der Waals surface area contributed by atoms with Gasteiger partial charge in [-0.25, -0.2) is 27.4 Å². The van der Waals surface area contributed by atoms with Crippen LogP contribution in [0.4, 0.5) is 25.2 Å². The predicted octanol–water partition coefficient (Wildman–Crippen LogP) is 0.573. The van der Waals surface area contributed by atoms with Gasteiger partial charge in [0.2, 0.25) is 0 Å². The van der Waals surface area contributed by atoms with Gasteiger partial charge in [0.15, 0.2) is 0 Å². The second kappa shape index (κ2) is 22.8. The number of hydrogen-bond donors (Lipinski definition) is 12. The zero-order valence-electron chi connectivity index (χ0n) is 18.0. The normalized spacial score (nSPS) is 14.3. The van der Waals surface area contributed by atoms with Crippen molar-refractivity contribution in [3.05, 3.63) is 0 Å². The van der Waals surface area contributed by atoms with Crippen molar-refractivity contribution in [2.45, 2.75) is 12.8 Å². The number of Topliss-reactive ketones (excluding diaryl/α,β-unsaturated/α-hetero) is 1. The van der Waals surface area contributed by atoms with Crippen LogP contribution in [0.25, 0.3) is 0 Å². The first-order valence-electron chi connectivity index (χ1n) is 7.50. The van der Waals surface area contributed by atoms with Gasteiger partial charge in [-0.3, -0.25) is 63.5 Å². The first kappa shape index (κ1) is 50.9. The van der Waals surface area contributed by atoms with E-state index in [2.05, 4.69) is 4.90 Å².